The van der Waals surface area contributed by atoms with Crippen molar-refractivity contribution < 1.29 is 14.3 Å². The third-order valence-corrected chi connectivity index (χ3v) is 6.32. The van der Waals surface area contributed by atoms with Crippen LogP contribution in [0.25, 0.3) is 11.1 Å². The van der Waals surface area contributed by atoms with E-state index >= 15 is 0 Å². The van der Waals surface area contributed by atoms with Crippen LogP contribution < -0.4 is 8.74 Å². The van der Waals surface area contributed by atoms with E-state index in [-0.39, 0.29) is 0 Å². The van der Waals surface area contributed by atoms with E-state index in [4.69, 9.17) is 9.15 Å². The number of morpholine rings is 1. The van der Waals surface area contributed by atoms with Gasteiger partial charge in [-0.25, -0.2) is 0 Å². The maximum absolute atomic E-state index is 10.2. The van der Waals surface area contributed by atoms with E-state index in [0.717, 1.165) is 85.3 Å². The average Bonchev–Trinajstić information content (AvgIpc) is 3.03. The first-order valence-electron chi connectivity index (χ1n) is 9.69. The van der Waals surface area contributed by atoms with Crippen LogP contribution in [-0.2, 0) is 11.3 Å². The Balaban J connectivity index is 1.50. The summed E-state index contributed by atoms with van der Waals surface area (Å²) in [5.74, 6) is 2.22. The number of ether oxygens (including phenoxy) is 1. The molecule has 0 atom stereocenters. The Labute approximate surface area is 173 Å². The zero-order valence-electron chi connectivity index (χ0n) is 16.1. The Morgan fingerprint density at radius 1 is 1.19 bits per heavy atom. The molecule has 2 saturated heterocycles. The van der Waals surface area contributed by atoms with Crippen LogP contribution in [0, 0.1) is 5.92 Å². The van der Waals surface area contributed by atoms with Crippen molar-refractivity contribution in [2.24, 2.45) is 5.92 Å². The van der Waals surface area contributed by atoms with Crippen LogP contribution in [0.5, 0.6) is 0 Å². The van der Waals surface area contributed by atoms with Crippen LogP contribution in [0.3, 0.4) is 0 Å². The Hall–Kier alpha value is -0.901. The van der Waals surface area contributed by atoms with Gasteiger partial charge in [0.05, 0.1) is 0 Å². The summed E-state index contributed by atoms with van der Waals surface area (Å²) < 4.78 is 12.5. The van der Waals surface area contributed by atoms with E-state index in [2.05, 4.69) is 25.8 Å². The van der Waals surface area contributed by atoms with Gasteiger partial charge in [0.1, 0.15) is 0 Å². The third-order valence-electron chi connectivity index (χ3n) is 5.68. The molecular formula is C19H27N4O3Sn. The first kappa shape index (κ1) is 19.4. The summed E-state index contributed by atoms with van der Waals surface area (Å²) in [5.41, 5.74) is 1.11. The van der Waals surface area contributed by atoms with Crippen molar-refractivity contribution in [3.05, 3.63) is 11.8 Å². The molecule has 2 aliphatic rings. The SMILES string of the molecule is CC(C)(O)C1CCN(Cc2cc3n[c]([Sn])nc(N4CCOCC4)c3o2)CC1. The van der Waals surface area contributed by atoms with E-state index in [1.54, 1.807) is 0 Å². The van der Waals surface area contributed by atoms with Crippen LogP contribution in [0.1, 0.15) is 32.4 Å². The van der Waals surface area contributed by atoms with E-state index < -0.39 is 5.60 Å². The van der Waals surface area contributed by atoms with E-state index in [9.17, 15) is 5.11 Å². The average molecular weight is 478 g/mol. The number of anilines is 1. The van der Waals surface area contributed by atoms with Crippen molar-refractivity contribution in [3.63, 3.8) is 0 Å². The second-order valence-electron chi connectivity index (χ2n) is 8.10. The van der Waals surface area contributed by atoms with Gasteiger partial charge in [0.2, 0.25) is 0 Å². The monoisotopic (exact) mass is 479 g/mol. The summed E-state index contributed by atoms with van der Waals surface area (Å²) in [6.07, 6.45) is 2.04. The summed E-state index contributed by atoms with van der Waals surface area (Å²) in [4.78, 5) is 13.9. The van der Waals surface area contributed by atoms with Gasteiger partial charge >= 0.3 is 173 Å². The van der Waals surface area contributed by atoms with Crippen LogP contribution in [0.4, 0.5) is 5.82 Å². The van der Waals surface area contributed by atoms with Crippen LogP contribution in [-0.4, -0.2) is 87.5 Å². The second kappa shape index (κ2) is 7.85. The molecule has 3 radical (unpaired) electrons. The molecule has 2 aromatic heterocycles. The number of nitrogens with zero attached hydrogens (tertiary/aromatic N) is 4. The molecule has 2 aromatic rings. The fourth-order valence-electron chi connectivity index (χ4n) is 4.05. The second-order valence-corrected chi connectivity index (χ2v) is 9.38. The molecule has 0 bridgehead atoms. The summed E-state index contributed by atoms with van der Waals surface area (Å²) in [6.45, 7) is 9.71. The Kier molecular flexibility index (Phi) is 5.64. The quantitative estimate of drug-likeness (QED) is 0.654. The standard InChI is InChI=1S/C19H27N4O3.Sn/c1-19(2,24)14-3-5-22(6-4-14)12-15-11-16-17(26-15)18(21-13-20-16)23-7-9-25-10-8-23;/h11,14,24H,3-10,12H2,1-2H3;. The molecule has 0 amide bonds. The first-order chi connectivity index (χ1) is 12.9. The van der Waals surface area contributed by atoms with Crippen LogP contribution >= 0.6 is 0 Å². The zero-order valence-corrected chi connectivity index (χ0v) is 18.9. The predicted molar refractivity (Wildman–Crippen MR) is 105 cm³/mol. The molecule has 7 nitrogen and oxygen atoms in total. The fourth-order valence-corrected chi connectivity index (χ4v) is 4.70. The van der Waals surface area contributed by atoms with Gasteiger partial charge in [0.15, 0.2) is 0 Å². The van der Waals surface area contributed by atoms with Gasteiger partial charge < -0.3 is 0 Å². The van der Waals surface area contributed by atoms with E-state index in [1.165, 1.54) is 22.5 Å². The van der Waals surface area contributed by atoms with Gasteiger partial charge in [-0.05, 0) is 0 Å². The molecule has 8 heteroatoms. The first-order valence-corrected chi connectivity index (χ1v) is 11.1. The van der Waals surface area contributed by atoms with Gasteiger partial charge in [0, 0.05) is 0 Å². The van der Waals surface area contributed by atoms with Crippen molar-refractivity contribution in [3.8, 4) is 0 Å². The Morgan fingerprint density at radius 2 is 1.89 bits per heavy atom. The van der Waals surface area contributed by atoms with Crippen molar-refractivity contribution >= 4 is 43.3 Å². The minimum atomic E-state index is -0.589. The third kappa shape index (κ3) is 4.41. The molecule has 0 spiro atoms. The normalized spacial score (nSPS) is 20.5. The van der Waals surface area contributed by atoms with Gasteiger partial charge in [-0.15, -0.1) is 0 Å². The molecule has 0 unspecified atom stereocenters. The fraction of sp³-hybridized carbons (Fsp3) is 0.684. The molecule has 145 valence electrons. The molecule has 0 aromatic carbocycles. The maximum atomic E-state index is 10.2. The summed E-state index contributed by atoms with van der Waals surface area (Å²) in [7, 11) is 0. The van der Waals surface area contributed by atoms with Crippen molar-refractivity contribution in [2.75, 3.05) is 44.3 Å². The van der Waals surface area contributed by atoms with E-state index in [0.29, 0.717) is 5.92 Å². The molecule has 4 heterocycles. The van der Waals surface area contributed by atoms with Gasteiger partial charge in [0.25, 0.3) is 0 Å². The van der Waals surface area contributed by atoms with E-state index in [1.807, 2.05) is 13.8 Å². The number of aromatic nitrogens is 2. The molecule has 27 heavy (non-hydrogen) atoms. The van der Waals surface area contributed by atoms with Gasteiger partial charge in [-0.2, -0.15) is 0 Å². The number of piperidine rings is 1. The molecule has 2 aliphatic heterocycles. The Bertz CT molecular complexity index is 790. The summed E-state index contributed by atoms with van der Waals surface area (Å²) in [5, 5.41) is 10.2. The van der Waals surface area contributed by atoms with Crippen LogP contribution in [0.15, 0.2) is 10.5 Å². The molecule has 1 N–H and O–H groups in total. The molecular weight excluding hydrogens is 451 g/mol. The van der Waals surface area contributed by atoms with Crippen molar-refractivity contribution in [2.45, 2.75) is 38.8 Å². The van der Waals surface area contributed by atoms with Crippen LogP contribution in [0.2, 0.25) is 0 Å². The number of furan rings is 1. The van der Waals surface area contributed by atoms with Crippen molar-refractivity contribution in [1.82, 2.24) is 14.9 Å². The number of aliphatic hydroxyl groups is 1. The Morgan fingerprint density at radius 3 is 2.56 bits per heavy atom. The number of likely N-dealkylation sites (tertiary alicyclic amines) is 1. The minimum absolute atomic E-state index is 0.370. The van der Waals surface area contributed by atoms with Gasteiger partial charge in [-0.3, -0.25) is 0 Å². The van der Waals surface area contributed by atoms with Gasteiger partial charge in [-0.1, -0.05) is 0 Å². The molecule has 2 fully saturated rings. The summed E-state index contributed by atoms with van der Waals surface area (Å²) >= 11 is 1.21. The number of rotatable bonds is 4. The topological polar surface area (TPSA) is 74.9 Å². The molecule has 0 aliphatic carbocycles. The number of fused-ring (bicyclic) bond motifs is 1. The zero-order chi connectivity index (χ0) is 19.0. The molecule has 4 rings (SSSR count). The predicted octanol–water partition coefficient (Wildman–Crippen LogP) is 0.836. The van der Waals surface area contributed by atoms with Crippen molar-refractivity contribution in [1.29, 1.82) is 0 Å². The summed E-state index contributed by atoms with van der Waals surface area (Å²) in [6, 6.07) is 2.07. The number of hydrogen-bond acceptors (Lipinski definition) is 7. The number of hydrogen-bond donors (Lipinski definition) is 1. The molecule has 0 saturated carbocycles.